The second-order valence-electron chi connectivity index (χ2n) is 4.80. The van der Waals surface area contributed by atoms with Crippen molar-refractivity contribution in [3.63, 3.8) is 0 Å². The fourth-order valence-electron chi connectivity index (χ4n) is 2.13. The van der Waals surface area contributed by atoms with Gasteiger partial charge in [-0.3, -0.25) is 0 Å². The molecule has 0 aliphatic heterocycles. The smallest absolute Gasteiger partial charge is 0.223 e. The van der Waals surface area contributed by atoms with Crippen LogP contribution in [0.25, 0.3) is 16.9 Å². The molecule has 0 aliphatic carbocycles. The van der Waals surface area contributed by atoms with Crippen LogP contribution in [0.5, 0.6) is 0 Å². The van der Waals surface area contributed by atoms with Gasteiger partial charge in [-0.1, -0.05) is 12.1 Å². The molecule has 6 N–H and O–H groups in total. The van der Waals surface area contributed by atoms with Crippen molar-refractivity contribution < 1.29 is 0 Å². The van der Waals surface area contributed by atoms with E-state index in [1.807, 2.05) is 53.2 Å². The zero-order chi connectivity index (χ0) is 16.4. The van der Waals surface area contributed by atoms with Crippen molar-refractivity contribution in [2.45, 2.75) is 0 Å². The number of imidazole rings is 1. The summed E-state index contributed by atoms with van der Waals surface area (Å²) in [5, 5.41) is 0. The molecule has 3 rings (SSSR count). The average molecular weight is 419 g/mol. The Morgan fingerprint density at radius 1 is 1.09 bits per heavy atom. The highest BCUT2D eigenvalue weighted by molar-refractivity contribution is 14.1. The predicted octanol–water partition coefficient (Wildman–Crippen LogP) is 1.83. The van der Waals surface area contributed by atoms with Gasteiger partial charge in [0.1, 0.15) is 5.65 Å². The minimum Gasteiger partial charge on any atom is -0.370 e. The summed E-state index contributed by atoms with van der Waals surface area (Å²) in [6.45, 7) is 0. The Bertz CT molecular complexity index is 922. The number of benzene rings is 1. The van der Waals surface area contributed by atoms with Crippen molar-refractivity contribution in [1.82, 2.24) is 9.38 Å². The highest BCUT2D eigenvalue weighted by Crippen LogP contribution is 2.24. The number of nitrogens with two attached hydrogens (primary N) is 3. The van der Waals surface area contributed by atoms with Crippen molar-refractivity contribution in [1.29, 1.82) is 0 Å². The molecule has 0 amide bonds. The summed E-state index contributed by atoms with van der Waals surface area (Å²) in [4.78, 5) is 12.5. The molecule has 0 spiro atoms. The zero-order valence-electron chi connectivity index (χ0n) is 12.0. The molecule has 1 aromatic carbocycles. The fourth-order valence-corrected chi connectivity index (χ4v) is 2.61. The molecule has 8 heteroatoms. The van der Waals surface area contributed by atoms with E-state index in [9.17, 15) is 0 Å². The van der Waals surface area contributed by atoms with E-state index in [4.69, 9.17) is 17.2 Å². The summed E-state index contributed by atoms with van der Waals surface area (Å²) in [5.41, 5.74) is 19.5. The summed E-state index contributed by atoms with van der Waals surface area (Å²) in [7, 11) is 0. The fraction of sp³-hybridized carbons (Fsp3) is 0. The van der Waals surface area contributed by atoms with Crippen LogP contribution in [-0.4, -0.2) is 21.3 Å². The molecular weight excluding hydrogens is 405 g/mol. The van der Waals surface area contributed by atoms with Gasteiger partial charge in [0.15, 0.2) is 5.96 Å². The van der Waals surface area contributed by atoms with Crippen LogP contribution < -0.4 is 17.2 Å². The van der Waals surface area contributed by atoms with Crippen LogP contribution in [0.3, 0.4) is 0 Å². The quantitative estimate of drug-likeness (QED) is 0.334. The molecule has 0 aliphatic rings. The average Bonchev–Trinajstić information content (AvgIpc) is 2.89. The molecule has 0 fully saturated rings. The lowest BCUT2D eigenvalue weighted by Gasteiger charge is -1.99. The Kier molecular flexibility index (Phi) is 4.15. The Hall–Kier alpha value is -2.62. The van der Waals surface area contributed by atoms with Gasteiger partial charge in [-0.25, -0.2) is 9.98 Å². The summed E-state index contributed by atoms with van der Waals surface area (Å²) in [6, 6.07) is 11.5. The minimum absolute atomic E-state index is 0.00621. The first kappa shape index (κ1) is 15.3. The molecule has 3 aromatic rings. The van der Waals surface area contributed by atoms with Gasteiger partial charge in [0, 0.05) is 21.5 Å². The SMILES string of the molecule is NC(N)=NC(N)=Nc1cccc(-c2cn3cc(I)ccc3n2)c1. The Morgan fingerprint density at radius 3 is 2.70 bits per heavy atom. The maximum absolute atomic E-state index is 5.66. The number of hydrogen-bond acceptors (Lipinski definition) is 2. The van der Waals surface area contributed by atoms with E-state index in [0.717, 1.165) is 20.5 Å². The molecule has 2 aromatic heterocycles. The second kappa shape index (κ2) is 6.24. The summed E-state index contributed by atoms with van der Waals surface area (Å²) >= 11 is 2.27. The Balaban J connectivity index is 1.99. The molecular formula is C15H14IN7. The summed E-state index contributed by atoms with van der Waals surface area (Å²) in [5.74, 6) is -0.121. The second-order valence-corrected chi connectivity index (χ2v) is 6.04. The molecule has 0 saturated heterocycles. The van der Waals surface area contributed by atoms with Crippen molar-refractivity contribution in [2.24, 2.45) is 27.2 Å². The van der Waals surface area contributed by atoms with Gasteiger partial charge in [-0.15, -0.1) is 0 Å². The number of pyridine rings is 1. The van der Waals surface area contributed by atoms with E-state index in [1.165, 1.54) is 0 Å². The number of nitrogens with zero attached hydrogens (tertiary/aromatic N) is 4. The maximum atomic E-state index is 5.66. The number of fused-ring (bicyclic) bond motifs is 1. The number of aromatic nitrogens is 2. The highest BCUT2D eigenvalue weighted by Gasteiger charge is 2.05. The molecule has 116 valence electrons. The van der Waals surface area contributed by atoms with Crippen molar-refractivity contribution in [3.8, 4) is 11.3 Å². The number of hydrogen-bond donors (Lipinski definition) is 3. The normalized spacial score (nSPS) is 11.6. The summed E-state index contributed by atoms with van der Waals surface area (Å²) < 4.78 is 3.13. The molecule has 7 nitrogen and oxygen atoms in total. The van der Waals surface area contributed by atoms with Crippen LogP contribution in [0.15, 0.2) is 58.8 Å². The Morgan fingerprint density at radius 2 is 1.91 bits per heavy atom. The van der Waals surface area contributed by atoms with Crippen LogP contribution in [-0.2, 0) is 0 Å². The zero-order valence-corrected chi connectivity index (χ0v) is 14.2. The van der Waals surface area contributed by atoms with Gasteiger partial charge in [-0.05, 0) is 46.9 Å². The van der Waals surface area contributed by atoms with E-state index in [0.29, 0.717) is 5.69 Å². The van der Waals surface area contributed by atoms with Crippen LogP contribution in [0.2, 0.25) is 0 Å². The monoisotopic (exact) mass is 419 g/mol. The van der Waals surface area contributed by atoms with E-state index in [2.05, 4.69) is 37.6 Å². The third kappa shape index (κ3) is 3.59. The van der Waals surface area contributed by atoms with Gasteiger partial charge in [0.2, 0.25) is 5.96 Å². The van der Waals surface area contributed by atoms with Gasteiger partial charge >= 0.3 is 0 Å². The van der Waals surface area contributed by atoms with Crippen molar-refractivity contribution in [3.05, 3.63) is 52.4 Å². The molecule has 0 saturated carbocycles. The predicted molar refractivity (Wildman–Crippen MR) is 100 cm³/mol. The number of guanidine groups is 2. The number of aliphatic imine (C=N–C) groups is 2. The van der Waals surface area contributed by atoms with Gasteiger partial charge in [0.05, 0.1) is 11.4 Å². The van der Waals surface area contributed by atoms with Gasteiger partial charge in [-0.2, -0.15) is 4.99 Å². The van der Waals surface area contributed by atoms with E-state index >= 15 is 0 Å². The highest BCUT2D eigenvalue weighted by atomic mass is 127. The van der Waals surface area contributed by atoms with E-state index < -0.39 is 0 Å². The summed E-state index contributed by atoms with van der Waals surface area (Å²) in [6.07, 6.45) is 3.99. The topological polar surface area (TPSA) is 120 Å². The van der Waals surface area contributed by atoms with E-state index in [1.54, 1.807) is 0 Å². The van der Waals surface area contributed by atoms with Crippen LogP contribution in [0, 0.1) is 3.57 Å². The first-order valence-electron chi connectivity index (χ1n) is 6.70. The molecule has 0 radical (unpaired) electrons. The standard InChI is InChI=1S/C15H14IN7/c16-10-4-5-13-21-12(8-23(13)7-10)9-2-1-3-11(6-9)20-15(19)22-14(17)18/h1-8H,(H6,17,18,19,20,22). The third-order valence-corrected chi connectivity index (χ3v) is 3.68. The first-order valence-corrected chi connectivity index (χ1v) is 7.77. The lowest BCUT2D eigenvalue weighted by Crippen LogP contribution is -2.26. The van der Waals surface area contributed by atoms with Crippen LogP contribution >= 0.6 is 22.6 Å². The molecule has 2 heterocycles. The van der Waals surface area contributed by atoms with Crippen LogP contribution in [0.1, 0.15) is 0 Å². The number of halogens is 1. The van der Waals surface area contributed by atoms with Gasteiger partial charge < -0.3 is 21.6 Å². The molecule has 0 unspecified atom stereocenters. The van der Waals surface area contributed by atoms with E-state index in [-0.39, 0.29) is 11.9 Å². The number of rotatable bonds is 2. The maximum Gasteiger partial charge on any atom is 0.223 e. The van der Waals surface area contributed by atoms with Crippen molar-refractivity contribution >= 4 is 45.8 Å². The first-order chi connectivity index (χ1) is 11.0. The molecule has 0 atom stereocenters. The van der Waals surface area contributed by atoms with Crippen molar-refractivity contribution in [2.75, 3.05) is 0 Å². The molecule has 0 bridgehead atoms. The molecule has 23 heavy (non-hydrogen) atoms. The lowest BCUT2D eigenvalue weighted by molar-refractivity contribution is 1.17. The van der Waals surface area contributed by atoms with Gasteiger partial charge in [0.25, 0.3) is 0 Å². The van der Waals surface area contributed by atoms with Crippen LogP contribution in [0.4, 0.5) is 5.69 Å². The largest absolute Gasteiger partial charge is 0.370 e. The lowest BCUT2D eigenvalue weighted by atomic mass is 10.1. The minimum atomic E-state index is -0.127. The Labute approximate surface area is 146 Å². The third-order valence-electron chi connectivity index (χ3n) is 3.04.